The van der Waals surface area contributed by atoms with Crippen LogP contribution in [0.5, 0.6) is 11.5 Å². The molecule has 1 amide bonds. The van der Waals surface area contributed by atoms with Gasteiger partial charge in [0.05, 0.1) is 24.7 Å². The number of carbonyl (C=O) groups excluding carboxylic acids is 1. The molecule has 1 aromatic rings. The second-order valence-corrected chi connectivity index (χ2v) is 10.5. The first kappa shape index (κ1) is 24.8. The van der Waals surface area contributed by atoms with Crippen LogP contribution in [0.4, 0.5) is 0 Å². The molecule has 3 N–H and O–H groups in total. The molecule has 1 aliphatic heterocycles. The molecule has 0 spiro atoms. The summed E-state index contributed by atoms with van der Waals surface area (Å²) in [5.41, 5.74) is 0.0976. The minimum atomic E-state index is -4.00. The first-order valence-electron chi connectivity index (χ1n) is 11.6. The van der Waals surface area contributed by atoms with Gasteiger partial charge in [-0.3, -0.25) is 9.69 Å². The van der Waals surface area contributed by atoms with Crippen LogP contribution in [0.15, 0.2) is 17.0 Å². The third kappa shape index (κ3) is 6.36. The van der Waals surface area contributed by atoms with Crippen molar-refractivity contribution in [1.29, 1.82) is 0 Å². The lowest BCUT2D eigenvalue weighted by molar-refractivity contribution is 0.0933. The summed E-state index contributed by atoms with van der Waals surface area (Å²) < 4.78 is 34.3. The number of hydrogen-bond acceptors (Lipinski definition) is 6. The SMILES string of the molecule is COc1cc(S(N)(=O)=O)cc(C(=O)NCC2CCCN2CC2CCCCCCC2)c1OC. The highest BCUT2D eigenvalue weighted by Gasteiger charge is 2.28. The van der Waals surface area contributed by atoms with Crippen LogP contribution in [0.3, 0.4) is 0 Å². The van der Waals surface area contributed by atoms with Crippen LogP contribution >= 0.6 is 0 Å². The third-order valence-electron chi connectivity index (χ3n) is 6.74. The third-order valence-corrected chi connectivity index (χ3v) is 7.63. The van der Waals surface area contributed by atoms with Crippen LogP contribution in [0.25, 0.3) is 0 Å². The quantitative estimate of drug-likeness (QED) is 0.608. The number of benzene rings is 1. The van der Waals surface area contributed by atoms with Crippen molar-refractivity contribution >= 4 is 15.9 Å². The molecule has 1 aliphatic carbocycles. The van der Waals surface area contributed by atoms with E-state index in [9.17, 15) is 13.2 Å². The largest absolute Gasteiger partial charge is 0.493 e. The number of carbonyl (C=O) groups is 1. The number of amides is 1. The lowest BCUT2D eigenvalue weighted by Gasteiger charge is -2.30. The highest BCUT2D eigenvalue weighted by Crippen LogP contribution is 2.34. The molecule has 1 atom stereocenters. The Balaban J connectivity index is 1.67. The Morgan fingerprint density at radius 3 is 2.38 bits per heavy atom. The predicted octanol–water partition coefficient (Wildman–Crippen LogP) is 2.91. The van der Waals surface area contributed by atoms with E-state index in [2.05, 4.69) is 10.2 Å². The van der Waals surface area contributed by atoms with E-state index in [0.29, 0.717) is 12.6 Å². The zero-order valence-electron chi connectivity index (χ0n) is 19.3. The van der Waals surface area contributed by atoms with E-state index in [1.54, 1.807) is 0 Å². The minimum absolute atomic E-state index is 0.0976. The first-order valence-corrected chi connectivity index (χ1v) is 13.2. The maximum absolute atomic E-state index is 13.0. The van der Waals surface area contributed by atoms with Crippen molar-refractivity contribution in [2.24, 2.45) is 11.1 Å². The van der Waals surface area contributed by atoms with Gasteiger partial charge in [-0.2, -0.15) is 0 Å². The molecule has 9 heteroatoms. The summed E-state index contributed by atoms with van der Waals surface area (Å²) in [7, 11) is -1.20. The van der Waals surface area contributed by atoms with Gasteiger partial charge < -0.3 is 14.8 Å². The average Bonchev–Trinajstić information content (AvgIpc) is 3.18. The van der Waals surface area contributed by atoms with Gasteiger partial charge in [0.25, 0.3) is 5.91 Å². The Labute approximate surface area is 191 Å². The molecule has 3 rings (SSSR count). The predicted molar refractivity (Wildman–Crippen MR) is 124 cm³/mol. The number of rotatable bonds is 8. The van der Waals surface area contributed by atoms with Crippen molar-refractivity contribution < 1.29 is 22.7 Å². The number of ether oxygens (including phenoxy) is 2. The summed E-state index contributed by atoms with van der Waals surface area (Å²) in [5.74, 6) is 0.678. The molecular formula is C23H37N3O5S. The van der Waals surface area contributed by atoms with Gasteiger partial charge in [-0.25, -0.2) is 13.6 Å². The number of likely N-dealkylation sites (tertiary alicyclic amines) is 1. The Morgan fingerprint density at radius 1 is 1.06 bits per heavy atom. The van der Waals surface area contributed by atoms with Gasteiger partial charge in [-0.1, -0.05) is 32.1 Å². The Bertz CT molecular complexity index is 882. The lowest BCUT2D eigenvalue weighted by Crippen LogP contribution is -2.42. The van der Waals surface area contributed by atoms with Gasteiger partial charge >= 0.3 is 0 Å². The highest BCUT2D eigenvalue weighted by molar-refractivity contribution is 7.89. The fourth-order valence-corrected chi connectivity index (χ4v) is 5.55. The molecule has 2 fully saturated rings. The second-order valence-electron chi connectivity index (χ2n) is 8.96. The van der Waals surface area contributed by atoms with Crippen molar-refractivity contribution in [3.63, 3.8) is 0 Å². The highest BCUT2D eigenvalue weighted by atomic mass is 32.2. The maximum atomic E-state index is 13.0. The van der Waals surface area contributed by atoms with Crippen LogP contribution < -0.4 is 19.9 Å². The number of sulfonamides is 1. The number of nitrogens with one attached hydrogen (secondary N) is 1. The fourth-order valence-electron chi connectivity index (χ4n) is 5.00. The van der Waals surface area contributed by atoms with Gasteiger partial charge in [-0.15, -0.1) is 0 Å². The van der Waals surface area contributed by atoms with Crippen LogP contribution in [0.1, 0.15) is 68.1 Å². The average molecular weight is 468 g/mol. The number of methoxy groups -OCH3 is 2. The number of hydrogen-bond donors (Lipinski definition) is 2. The van der Waals surface area contributed by atoms with Gasteiger partial charge in [0.1, 0.15) is 0 Å². The van der Waals surface area contributed by atoms with E-state index in [1.807, 2.05) is 0 Å². The second kappa shape index (κ2) is 11.3. The van der Waals surface area contributed by atoms with E-state index in [4.69, 9.17) is 14.6 Å². The summed E-state index contributed by atoms with van der Waals surface area (Å²) >= 11 is 0. The lowest BCUT2D eigenvalue weighted by atomic mass is 9.90. The number of nitrogens with two attached hydrogens (primary N) is 1. The molecule has 1 saturated heterocycles. The molecule has 0 bridgehead atoms. The topological polar surface area (TPSA) is 111 Å². The number of primary sulfonamides is 1. The fraction of sp³-hybridized carbons (Fsp3) is 0.696. The van der Waals surface area contributed by atoms with Crippen LogP contribution in [0, 0.1) is 5.92 Å². The molecular weight excluding hydrogens is 430 g/mol. The van der Waals surface area contributed by atoms with Crippen molar-refractivity contribution in [2.75, 3.05) is 33.9 Å². The Kier molecular flexibility index (Phi) is 8.79. The number of nitrogens with zero attached hydrogens (tertiary/aromatic N) is 1. The molecule has 180 valence electrons. The maximum Gasteiger partial charge on any atom is 0.255 e. The first-order chi connectivity index (χ1) is 15.3. The molecule has 32 heavy (non-hydrogen) atoms. The molecule has 1 heterocycles. The van der Waals surface area contributed by atoms with Crippen LogP contribution in [-0.4, -0.2) is 59.1 Å². The zero-order chi connectivity index (χ0) is 23.1. The van der Waals surface area contributed by atoms with Gasteiger partial charge in [0.15, 0.2) is 11.5 Å². The summed E-state index contributed by atoms with van der Waals surface area (Å²) in [6, 6.07) is 2.80. The van der Waals surface area contributed by atoms with Crippen LogP contribution in [-0.2, 0) is 10.0 Å². The van der Waals surface area contributed by atoms with Gasteiger partial charge in [0, 0.05) is 25.2 Å². The van der Waals surface area contributed by atoms with Gasteiger partial charge in [-0.05, 0) is 44.2 Å². The summed E-state index contributed by atoms with van der Waals surface area (Å²) in [6.07, 6.45) is 11.5. The van der Waals surface area contributed by atoms with Crippen molar-refractivity contribution in [3.8, 4) is 11.5 Å². The van der Waals surface area contributed by atoms with Gasteiger partial charge in [0.2, 0.25) is 10.0 Å². The van der Waals surface area contributed by atoms with Crippen molar-refractivity contribution in [2.45, 2.75) is 68.7 Å². The smallest absolute Gasteiger partial charge is 0.255 e. The van der Waals surface area contributed by atoms with Crippen molar-refractivity contribution in [3.05, 3.63) is 17.7 Å². The standard InChI is InChI=1S/C23H37N3O5S/c1-30-21-14-19(32(24,28)29)13-20(22(21)31-2)23(27)25-15-18-11-8-12-26(18)16-17-9-6-4-3-5-7-10-17/h13-14,17-18H,3-12,15-16H2,1-2H3,(H,25,27)(H2,24,28,29). The molecule has 0 radical (unpaired) electrons. The Morgan fingerprint density at radius 2 is 1.75 bits per heavy atom. The monoisotopic (exact) mass is 467 g/mol. The molecule has 0 aromatic heterocycles. The van der Waals surface area contributed by atoms with Crippen molar-refractivity contribution in [1.82, 2.24) is 10.2 Å². The molecule has 1 saturated carbocycles. The van der Waals surface area contributed by atoms with E-state index in [1.165, 1.54) is 71.3 Å². The molecule has 1 unspecified atom stereocenters. The zero-order valence-corrected chi connectivity index (χ0v) is 20.1. The normalized spacial score (nSPS) is 21.0. The minimum Gasteiger partial charge on any atom is -0.493 e. The molecule has 8 nitrogen and oxygen atoms in total. The summed E-state index contributed by atoms with van der Waals surface area (Å²) in [4.78, 5) is 15.3. The summed E-state index contributed by atoms with van der Waals surface area (Å²) in [5, 5.41) is 8.26. The Hall–Kier alpha value is -1.84. The van der Waals surface area contributed by atoms with Crippen LogP contribution in [0.2, 0.25) is 0 Å². The summed E-state index contributed by atoms with van der Waals surface area (Å²) in [6.45, 7) is 2.67. The molecule has 1 aromatic carbocycles. The van der Waals surface area contributed by atoms with E-state index >= 15 is 0 Å². The van der Waals surface area contributed by atoms with E-state index in [-0.39, 0.29) is 22.0 Å². The van der Waals surface area contributed by atoms with E-state index in [0.717, 1.165) is 31.8 Å². The van der Waals surface area contributed by atoms with E-state index < -0.39 is 15.9 Å². The molecule has 2 aliphatic rings.